The first-order chi connectivity index (χ1) is 10.0. The van der Waals surface area contributed by atoms with Gasteiger partial charge in [-0.15, -0.1) is 0 Å². The van der Waals surface area contributed by atoms with Crippen LogP contribution in [0.15, 0.2) is 18.2 Å². The third-order valence-corrected chi connectivity index (χ3v) is 4.75. The van der Waals surface area contributed by atoms with E-state index in [9.17, 15) is 0 Å². The van der Waals surface area contributed by atoms with Gasteiger partial charge in [0.2, 0.25) is 0 Å². The Kier molecular flexibility index (Phi) is 5.12. The molecule has 0 saturated carbocycles. The lowest BCUT2D eigenvalue weighted by Gasteiger charge is -2.43. The lowest BCUT2D eigenvalue weighted by atomic mass is 9.83. The number of nitrogens with one attached hydrogen (secondary N) is 1. The molecule has 1 aliphatic heterocycles. The molecule has 118 valence electrons. The van der Waals surface area contributed by atoms with E-state index >= 15 is 0 Å². The predicted octanol–water partition coefficient (Wildman–Crippen LogP) is 2.84. The second kappa shape index (κ2) is 6.67. The van der Waals surface area contributed by atoms with Gasteiger partial charge in [0, 0.05) is 12.0 Å². The molecule has 0 fully saturated rings. The van der Waals surface area contributed by atoms with Gasteiger partial charge in [0.05, 0.1) is 19.3 Å². The number of likely N-dealkylation sites (N-methyl/N-ethyl adjacent to an activating group) is 2. The van der Waals surface area contributed by atoms with E-state index in [1.54, 1.807) is 0 Å². The second-order valence-corrected chi connectivity index (χ2v) is 6.08. The van der Waals surface area contributed by atoms with Gasteiger partial charge in [0.15, 0.2) is 11.5 Å². The fraction of sp³-hybridized carbons (Fsp3) is 0.647. The van der Waals surface area contributed by atoms with Crippen LogP contribution in [0.3, 0.4) is 0 Å². The highest BCUT2D eigenvalue weighted by Crippen LogP contribution is 2.37. The molecule has 1 aliphatic rings. The smallest absolute Gasteiger partial charge is 0.161 e. The molecule has 2 rings (SSSR count). The van der Waals surface area contributed by atoms with Gasteiger partial charge < -0.3 is 19.7 Å². The van der Waals surface area contributed by atoms with Crippen molar-refractivity contribution in [2.45, 2.75) is 38.3 Å². The van der Waals surface area contributed by atoms with Crippen LogP contribution in [0.25, 0.3) is 0 Å². The lowest BCUT2D eigenvalue weighted by Crippen LogP contribution is -2.50. The highest BCUT2D eigenvalue weighted by Gasteiger charge is 2.35. The number of fused-ring (bicyclic) bond motifs is 1. The summed E-state index contributed by atoms with van der Waals surface area (Å²) in [5.41, 5.74) is 1.27. The van der Waals surface area contributed by atoms with Gasteiger partial charge in [-0.1, -0.05) is 13.0 Å². The Morgan fingerprint density at radius 3 is 2.48 bits per heavy atom. The van der Waals surface area contributed by atoms with Crippen LogP contribution in [0.5, 0.6) is 11.5 Å². The van der Waals surface area contributed by atoms with Gasteiger partial charge in [-0.3, -0.25) is 0 Å². The van der Waals surface area contributed by atoms with E-state index in [1.165, 1.54) is 5.56 Å². The standard InChI is InChI=1S/C17H28N2O2/c1-6-17(2,19(4)5)16(18-3)13-8-9-14-15(12-13)21-11-7-10-20-14/h8-9,12,16,18H,6-7,10-11H2,1-5H3. The van der Waals surface area contributed by atoms with Crippen LogP contribution >= 0.6 is 0 Å². The quantitative estimate of drug-likeness (QED) is 0.905. The maximum absolute atomic E-state index is 5.82. The number of benzene rings is 1. The normalized spacial score (nSPS) is 19.0. The van der Waals surface area contributed by atoms with Gasteiger partial charge in [-0.25, -0.2) is 0 Å². The van der Waals surface area contributed by atoms with Crippen molar-refractivity contribution < 1.29 is 9.47 Å². The zero-order chi connectivity index (χ0) is 15.5. The number of ether oxygens (including phenoxy) is 2. The van der Waals surface area contributed by atoms with Crippen LogP contribution in [-0.4, -0.2) is 44.8 Å². The van der Waals surface area contributed by atoms with E-state index < -0.39 is 0 Å². The molecule has 1 aromatic rings. The first-order valence-corrected chi connectivity index (χ1v) is 7.77. The third-order valence-electron chi connectivity index (χ3n) is 4.75. The molecule has 0 radical (unpaired) electrons. The average Bonchev–Trinajstić information content (AvgIpc) is 2.72. The van der Waals surface area contributed by atoms with Gasteiger partial charge in [-0.2, -0.15) is 0 Å². The van der Waals surface area contributed by atoms with Crippen molar-refractivity contribution in [1.29, 1.82) is 0 Å². The van der Waals surface area contributed by atoms with E-state index in [0.29, 0.717) is 0 Å². The fourth-order valence-corrected chi connectivity index (χ4v) is 2.97. The summed E-state index contributed by atoms with van der Waals surface area (Å²) in [6, 6.07) is 6.53. The van der Waals surface area contributed by atoms with E-state index in [1.807, 2.05) is 13.1 Å². The van der Waals surface area contributed by atoms with Crippen LogP contribution < -0.4 is 14.8 Å². The Balaban J connectivity index is 2.36. The molecule has 1 heterocycles. The van der Waals surface area contributed by atoms with Gasteiger partial charge >= 0.3 is 0 Å². The highest BCUT2D eigenvalue weighted by atomic mass is 16.5. The van der Waals surface area contributed by atoms with Crippen molar-refractivity contribution in [3.8, 4) is 11.5 Å². The van der Waals surface area contributed by atoms with Crippen LogP contribution in [0, 0.1) is 0 Å². The van der Waals surface area contributed by atoms with Crippen LogP contribution in [0.1, 0.15) is 38.3 Å². The Bertz CT molecular complexity index is 476. The molecule has 0 bridgehead atoms. The first-order valence-electron chi connectivity index (χ1n) is 7.77. The molecule has 21 heavy (non-hydrogen) atoms. The van der Waals surface area contributed by atoms with E-state index in [4.69, 9.17) is 9.47 Å². The summed E-state index contributed by atoms with van der Waals surface area (Å²) in [5, 5.41) is 3.48. The van der Waals surface area contributed by atoms with Gasteiger partial charge in [0.1, 0.15) is 0 Å². The second-order valence-electron chi connectivity index (χ2n) is 6.08. The molecule has 1 N–H and O–H groups in total. The number of nitrogens with zero attached hydrogens (tertiary/aromatic N) is 1. The van der Waals surface area contributed by atoms with E-state index in [2.05, 4.69) is 50.3 Å². The molecule has 4 nitrogen and oxygen atoms in total. The Morgan fingerprint density at radius 2 is 1.90 bits per heavy atom. The molecule has 4 heteroatoms. The minimum atomic E-state index is 0.0363. The predicted molar refractivity (Wildman–Crippen MR) is 86.2 cm³/mol. The van der Waals surface area contributed by atoms with Crippen molar-refractivity contribution >= 4 is 0 Å². The van der Waals surface area contributed by atoms with Gasteiger partial charge in [-0.05, 0) is 52.2 Å². The highest BCUT2D eigenvalue weighted by molar-refractivity contribution is 5.45. The topological polar surface area (TPSA) is 33.7 Å². The van der Waals surface area contributed by atoms with Crippen molar-refractivity contribution in [1.82, 2.24) is 10.2 Å². The van der Waals surface area contributed by atoms with Crippen molar-refractivity contribution in [2.24, 2.45) is 0 Å². The largest absolute Gasteiger partial charge is 0.490 e. The Morgan fingerprint density at radius 1 is 1.24 bits per heavy atom. The Labute approximate surface area is 128 Å². The summed E-state index contributed by atoms with van der Waals surface area (Å²) in [7, 11) is 6.29. The summed E-state index contributed by atoms with van der Waals surface area (Å²) in [6.07, 6.45) is 1.99. The first kappa shape index (κ1) is 16.1. The Hall–Kier alpha value is -1.26. The molecule has 0 saturated heterocycles. The molecule has 1 aromatic carbocycles. The zero-order valence-corrected chi connectivity index (χ0v) is 13.9. The lowest BCUT2D eigenvalue weighted by molar-refractivity contribution is 0.117. The summed E-state index contributed by atoms with van der Waals surface area (Å²) < 4.78 is 11.5. The number of hydrogen-bond acceptors (Lipinski definition) is 4. The fourth-order valence-electron chi connectivity index (χ4n) is 2.97. The average molecular weight is 292 g/mol. The van der Waals surface area contributed by atoms with E-state index in [0.717, 1.165) is 37.6 Å². The molecular weight excluding hydrogens is 264 g/mol. The number of rotatable bonds is 5. The minimum Gasteiger partial charge on any atom is -0.490 e. The molecule has 2 atom stereocenters. The summed E-state index contributed by atoms with van der Waals surface area (Å²) in [6.45, 7) is 5.97. The minimum absolute atomic E-state index is 0.0363. The zero-order valence-electron chi connectivity index (χ0n) is 13.9. The monoisotopic (exact) mass is 292 g/mol. The summed E-state index contributed by atoms with van der Waals surface area (Å²) in [4.78, 5) is 2.29. The van der Waals surface area contributed by atoms with Crippen LogP contribution in [0.4, 0.5) is 0 Å². The molecular formula is C17H28N2O2. The van der Waals surface area contributed by atoms with Crippen molar-refractivity contribution in [2.75, 3.05) is 34.4 Å². The molecule has 0 aromatic heterocycles. The maximum Gasteiger partial charge on any atom is 0.161 e. The van der Waals surface area contributed by atoms with Gasteiger partial charge in [0.25, 0.3) is 0 Å². The van der Waals surface area contributed by atoms with Crippen LogP contribution in [0.2, 0.25) is 0 Å². The summed E-state index contributed by atoms with van der Waals surface area (Å²) >= 11 is 0. The number of hydrogen-bond donors (Lipinski definition) is 1. The molecule has 2 unspecified atom stereocenters. The molecule has 0 amide bonds. The van der Waals surface area contributed by atoms with Crippen molar-refractivity contribution in [3.63, 3.8) is 0 Å². The SMILES string of the molecule is CCC(C)(C(NC)c1ccc2c(c1)OCCCO2)N(C)C. The third kappa shape index (κ3) is 3.16. The van der Waals surface area contributed by atoms with Crippen molar-refractivity contribution in [3.05, 3.63) is 23.8 Å². The maximum atomic E-state index is 5.82. The van der Waals surface area contributed by atoms with Crippen LogP contribution in [-0.2, 0) is 0 Å². The molecule has 0 spiro atoms. The molecule has 0 aliphatic carbocycles. The summed E-state index contributed by atoms with van der Waals surface area (Å²) in [5.74, 6) is 1.72. The van der Waals surface area contributed by atoms with E-state index in [-0.39, 0.29) is 11.6 Å².